The molecule has 1 heterocycles. The van der Waals surface area contributed by atoms with Gasteiger partial charge in [-0.1, -0.05) is 11.6 Å². The zero-order chi connectivity index (χ0) is 12.8. The van der Waals surface area contributed by atoms with E-state index in [0.717, 1.165) is 9.21 Å². The first kappa shape index (κ1) is 14.9. The molecule has 0 fully saturated rings. The number of rotatable bonds is 7. The zero-order valence-electron chi connectivity index (χ0n) is 10.5. The third-order valence-corrected chi connectivity index (χ3v) is 3.58. The van der Waals surface area contributed by atoms with Gasteiger partial charge in [0.1, 0.15) is 6.10 Å². The molecule has 0 aliphatic heterocycles. The number of ether oxygens (including phenoxy) is 2. The van der Waals surface area contributed by atoms with E-state index in [1.165, 1.54) is 11.3 Å². The molecule has 3 atom stereocenters. The van der Waals surface area contributed by atoms with Gasteiger partial charge in [0.05, 0.1) is 17.0 Å². The largest absolute Gasteiger partial charge is 0.379 e. The Morgan fingerprint density at radius 1 is 1.41 bits per heavy atom. The predicted octanol–water partition coefficient (Wildman–Crippen LogP) is 3.23. The number of halogens is 1. The fourth-order valence-electron chi connectivity index (χ4n) is 1.50. The van der Waals surface area contributed by atoms with Crippen molar-refractivity contribution in [2.45, 2.75) is 39.0 Å². The molecule has 0 radical (unpaired) electrons. The molecule has 17 heavy (non-hydrogen) atoms. The summed E-state index contributed by atoms with van der Waals surface area (Å²) >= 11 is 7.44. The highest BCUT2D eigenvalue weighted by Gasteiger charge is 2.21. The summed E-state index contributed by atoms with van der Waals surface area (Å²) in [5, 5.41) is 0. The van der Waals surface area contributed by atoms with E-state index >= 15 is 0 Å². The Labute approximate surface area is 112 Å². The molecule has 1 rings (SSSR count). The average Bonchev–Trinajstić information content (AvgIpc) is 2.69. The molecule has 3 unspecified atom stereocenters. The lowest BCUT2D eigenvalue weighted by atomic mass is 10.1. The van der Waals surface area contributed by atoms with E-state index in [0.29, 0.717) is 13.2 Å². The second-order valence-corrected chi connectivity index (χ2v) is 5.77. The minimum Gasteiger partial charge on any atom is -0.379 e. The summed E-state index contributed by atoms with van der Waals surface area (Å²) in [5.41, 5.74) is 5.95. The summed E-state index contributed by atoms with van der Waals surface area (Å²) < 4.78 is 12.0. The van der Waals surface area contributed by atoms with Crippen LogP contribution in [0.1, 0.15) is 31.8 Å². The highest BCUT2D eigenvalue weighted by molar-refractivity contribution is 7.16. The fourth-order valence-corrected chi connectivity index (χ4v) is 2.72. The Hall–Kier alpha value is -0.130. The molecule has 2 N–H and O–H groups in total. The molecule has 0 spiro atoms. The molecule has 0 aliphatic carbocycles. The van der Waals surface area contributed by atoms with Crippen molar-refractivity contribution >= 4 is 22.9 Å². The van der Waals surface area contributed by atoms with Gasteiger partial charge in [0.15, 0.2) is 0 Å². The topological polar surface area (TPSA) is 44.5 Å². The lowest BCUT2D eigenvalue weighted by Crippen LogP contribution is -2.30. The first-order valence-corrected chi connectivity index (χ1v) is 6.98. The van der Waals surface area contributed by atoms with E-state index in [9.17, 15) is 0 Å². The summed E-state index contributed by atoms with van der Waals surface area (Å²) in [5.74, 6) is 0. The minimum absolute atomic E-state index is 0.0202. The Bertz CT molecular complexity index is 330. The Morgan fingerprint density at radius 3 is 2.59 bits per heavy atom. The van der Waals surface area contributed by atoms with E-state index in [1.54, 1.807) is 0 Å². The lowest BCUT2D eigenvalue weighted by molar-refractivity contribution is -0.0536. The van der Waals surface area contributed by atoms with Crippen molar-refractivity contribution in [2.75, 3.05) is 13.2 Å². The Kier molecular flexibility index (Phi) is 6.44. The van der Waals surface area contributed by atoms with Gasteiger partial charge in [0.2, 0.25) is 0 Å². The van der Waals surface area contributed by atoms with Crippen LogP contribution in [0, 0.1) is 0 Å². The normalized spacial score (nSPS) is 16.8. The summed E-state index contributed by atoms with van der Waals surface area (Å²) in [6.07, 6.45) is -0.102. The minimum atomic E-state index is -0.122. The molecule has 1 aromatic heterocycles. The van der Waals surface area contributed by atoms with Gasteiger partial charge in [-0.05, 0) is 32.9 Å². The van der Waals surface area contributed by atoms with Crippen LogP contribution in [-0.2, 0) is 9.47 Å². The summed E-state index contributed by atoms with van der Waals surface area (Å²) in [4.78, 5) is 1.06. The lowest BCUT2D eigenvalue weighted by Gasteiger charge is -2.24. The molecule has 1 aromatic rings. The van der Waals surface area contributed by atoms with E-state index in [-0.39, 0.29) is 18.2 Å². The molecule has 0 saturated heterocycles. The number of thiophene rings is 1. The summed E-state index contributed by atoms with van der Waals surface area (Å²) in [6, 6.07) is 3.76. The van der Waals surface area contributed by atoms with Crippen molar-refractivity contribution in [3.05, 3.63) is 21.3 Å². The van der Waals surface area contributed by atoms with Crippen LogP contribution in [0.25, 0.3) is 0 Å². The third-order valence-electron chi connectivity index (χ3n) is 2.29. The van der Waals surface area contributed by atoms with Crippen molar-refractivity contribution in [1.82, 2.24) is 0 Å². The SMILES string of the molecule is CCOCC(C)OC(c1ccc(Cl)s1)C(C)N. The molecular weight excluding hydrogens is 258 g/mol. The van der Waals surface area contributed by atoms with Crippen LogP contribution in [0.15, 0.2) is 12.1 Å². The average molecular weight is 278 g/mol. The van der Waals surface area contributed by atoms with Crippen molar-refractivity contribution in [3.63, 3.8) is 0 Å². The van der Waals surface area contributed by atoms with Gasteiger partial charge in [0, 0.05) is 17.5 Å². The van der Waals surface area contributed by atoms with Gasteiger partial charge in [-0.2, -0.15) is 0 Å². The van der Waals surface area contributed by atoms with E-state index in [4.69, 9.17) is 26.8 Å². The number of nitrogens with two attached hydrogens (primary N) is 1. The standard InChI is InChI=1S/C12H20ClNO2S/c1-4-15-7-8(2)16-12(9(3)14)10-5-6-11(13)17-10/h5-6,8-9,12H,4,7,14H2,1-3H3. The molecular formula is C12H20ClNO2S. The van der Waals surface area contributed by atoms with Gasteiger partial charge in [-0.3, -0.25) is 0 Å². The maximum atomic E-state index is 5.95. The molecule has 5 heteroatoms. The second-order valence-electron chi connectivity index (χ2n) is 4.03. The molecule has 0 saturated carbocycles. The van der Waals surface area contributed by atoms with Gasteiger partial charge >= 0.3 is 0 Å². The highest BCUT2D eigenvalue weighted by Crippen LogP contribution is 2.31. The van der Waals surface area contributed by atoms with Crippen LogP contribution in [0.4, 0.5) is 0 Å². The fraction of sp³-hybridized carbons (Fsp3) is 0.667. The van der Waals surface area contributed by atoms with Gasteiger partial charge in [-0.15, -0.1) is 11.3 Å². The maximum Gasteiger partial charge on any atom is 0.107 e. The van der Waals surface area contributed by atoms with Gasteiger partial charge in [0.25, 0.3) is 0 Å². The van der Waals surface area contributed by atoms with Gasteiger partial charge < -0.3 is 15.2 Å². The number of hydrogen-bond donors (Lipinski definition) is 1. The van der Waals surface area contributed by atoms with Crippen LogP contribution in [0.5, 0.6) is 0 Å². The molecule has 3 nitrogen and oxygen atoms in total. The predicted molar refractivity (Wildman–Crippen MR) is 72.8 cm³/mol. The second kappa shape index (κ2) is 7.34. The Morgan fingerprint density at radius 2 is 2.12 bits per heavy atom. The molecule has 0 bridgehead atoms. The number of hydrogen-bond acceptors (Lipinski definition) is 4. The maximum absolute atomic E-state index is 5.95. The molecule has 0 amide bonds. The van der Waals surface area contributed by atoms with Crippen LogP contribution in [-0.4, -0.2) is 25.4 Å². The van der Waals surface area contributed by atoms with Gasteiger partial charge in [-0.25, -0.2) is 0 Å². The third kappa shape index (κ3) is 4.94. The molecule has 98 valence electrons. The van der Waals surface area contributed by atoms with Crippen molar-refractivity contribution in [1.29, 1.82) is 0 Å². The first-order valence-electron chi connectivity index (χ1n) is 5.78. The quantitative estimate of drug-likeness (QED) is 0.832. The smallest absolute Gasteiger partial charge is 0.107 e. The van der Waals surface area contributed by atoms with E-state index in [1.807, 2.05) is 32.9 Å². The Balaban J connectivity index is 2.61. The molecule has 0 aromatic carbocycles. The first-order chi connectivity index (χ1) is 8.04. The highest BCUT2D eigenvalue weighted by atomic mass is 35.5. The zero-order valence-corrected chi connectivity index (χ0v) is 12.1. The van der Waals surface area contributed by atoms with E-state index in [2.05, 4.69) is 0 Å². The summed E-state index contributed by atoms with van der Waals surface area (Å²) in [6.45, 7) is 7.17. The van der Waals surface area contributed by atoms with E-state index < -0.39 is 0 Å². The summed E-state index contributed by atoms with van der Waals surface area (Å²) in [7, 11) is 0. The van der Waals surface area contributed by atoms with Crippen LogP contribution in [0.3, 0.4) is 0 Å². The van der Waals surface area contributed by atoms with Crippen LogP contribution in [0.2, 0.25) is 4.34 Å². The van der Waals surface area contributed by atoms with Crippen molar-refractivity contribution < 1.29 is 9.47 Å². The van der Waals surface area contributed by atoms with Crippen LogP contribution < -0.4 is 5.73 Å². The molecule has 0 aliphatic rings. The van der Waals surface area contributed by atoms with Crippen molar-refractivity contribution in [3.8, 4) is 0 Å². The van der Waals surface area contributed by atoms with Crippen LogP contribution >= 0.6 is 22.9 Å². The van der Waals surface area contributed by atoms with Crippen molar-refractivity contribution in [2.24, 2.45) is 5.73 Å². The monoisotopic (exact) mass is 277 g/mol.